The molecule has 0 amide bonds. The fourth-order valence-corrected chi connectivity index (χ4v) is 3.03. The zero-order valence-corrected chi connectivity index (χ0v) is 13.4. The van der Waals surface area contributed by atoms with Gasteiger partial charge in [-0.15, -0.1) is 11.6 Å². The molecule has 0 saturated carbocycles. The van der Waals surface area contributed by atoms with E-state index in [1.807, 2.05) is 0 Å². The molecule has 1 atom stereocenters. The van der Waals surface area contributed by atoms with E-state index in [1.165, 1.54) is 62.5 Å². The van der Waals surface area contributed by atoms with Gasteiger partial charge in [-0.3, -0.25) is 0 Å². The topological polar surface area (TPSA) is 0 Å². The van der Waals surface area contributed by atoms with Crippen LogP contribution in [0.15, 0.2) is 24.3 Å². The first-order chi connectivity index (χ1) is 9.29. The molecule has 1 aromatic carbocycles. The van der Waals surface area contributed by atoms with Crippen molar-refractivity contribution in [1.29, 1.82) is 0 Å². The quantitative estimate of drug-likeness (QED) is 0.341. The van der Waals surface area contributed by atoms with Gasteiger partial charge in [0.25, 0.3) is 0 Å². The van der Waals surface area contributed by atoms with Gasteiger partial charge < -0.3 is 0 Å². The van der Waals surface area contributed by atoms with Crippen LogP contribution >= 0.6 is 11.6 Å². The highest BCUT2D eigenvalue weighted by atomic mass is 35.5. The van der Waals surface area contributed by atoms with E-state index in [4.69, 9.17) is 11.6 Å². The van der Waals surface area contributed by atoms with Crippen molar-refractivity contribution in [3.8, 4) is 0 Å². The molecule has 0 aromatic heterocycles. The van der Waals surface area contributed by atoms with Crippen LogP contribution in [0.5, 0.6) is 0 Å². The van der Waals surface area contributed by atoms with E-state index < -0.39 is 0 Å². The first-order valence-corrected chi connectivity index (χ1v) is 8.44. The molecule has 0 bridgehead atoms. The molecule has 1 rings (SSSR count). The Morgan fingerprint density at radius 3 is 2.21 bits per heavy atom. The fraction of sp³-hybridized carbons (Fsp3) is 0.667. The van der Waals surface area contributed by atoms with Crippen LogP contribution in [-0.2, 0) is 0 Å². The third-order valence-corrected chi connectivity index (χ3v) is 4.34. The van der Waals surface area contributed by atoms with Crippen LogP contribution < -0.4 is 0 Å². The third kappa shape index (κ3) is 6.47. The summed E-state index contributed by atoms with van der Waals surface area (Å²) in [5.74, 6) is 1.29. The second-order valence-corrected chi connectivity index (χ2v) is 5.93. The van der Waals surface area contributed by atoms with Crippen molar-refractivity contribution < 1.29 is 0 Å². The Kier molecular flexibility index (Phi) is 8.99. The van der Waals surface area contributed by atoms with Crippen molar-refractivity contribution in [2.24, 2.45) is 0 Å². The van der Waals surface area contributed by atoms with Gasteiger partial charge in [-0.25, -0.2) is 0 Å². The van der Waals surface area contributed by atoms with Gasteiger partial charge in [0.15, 0.2) is 0 Å². The summed E-state index contributed by atoms with van der Waals surface area (Å²) in [4.78, 5) is 0. The summed E-state index contributed by atoms with van der Waals surface area (Å²) in [7, 11) is 0. The van der Waals surface area contributed by atoms with E-state index >= 15 is 0 Å². The molecule has 19 heavy (non-hydrogen) atoms. The second-order valence-electron chi connectivity index (χ2n) is 5.62. The molecule has 0 aliphatic heterocycles. The van der Waals surface area contributed by atoms with Crippen LogP contribution in [0.25, 0.3) is 0 Å². The lowest BCUT2D eigenvalue weighted by atomic mass is 9.91. The Bertz CT molecular complexity index is 332. The highest BCUT2D eigenvalue weighted by Gasteiger charge is 2.11. The molecule has 0 aliphatic carbocycles. The average molecular weight is 281 g/mol. The van der Waals surface area contributed by atoms with Gasteiger partial charge >= 0.3 is 0 Å². The summed E-state index contributed by atoms with van der Waals surface area (Å²) in [5, 5.41) is 0. The largest absolute Gasteiger partial charge is 0.126 e. The number of hydrogen-bond donors (Lipinski definition) is 0. The Hall–Kier alpha value is -0.490. The highest BCUT2D eigenvalue weighted by Crippen LogP contribution is 2.26. The maximum absolute atomic E-state index is 6.16. The van der Waals surface area contributed by atoms with Crippen molar-refractivity contribution >= 4 is 11.6 Å². The zero-order valence-electron chi connectivity index (χ0n) is 12.6. The molecule has 0 spiro atoms. The molecule has 0 heterocycles. The summed E-state index contributed by atoms with van der Waals surface area (Å²) in [6.45, 7) is 4.47. The molecule has 0 N–H and O–H groups in total. The molecule has 0 fully saturated rings. The molecular weight excluding hydrogens is 252 g/mol. The van der Waals surface area contributed by atoms with E-state index in [1.54, 1.807) is 0 Å². The van der Waals surface area contributed by atoms with Crippen molar-refractivity contribution in [3.05, 3.63) is 35.4 Å². The van der Waals surface area contributed by atoms with E-state index in [0.717, 1.165) is 5.88 Å². The van der Waals surface area contributed by atoms with E-state index in [9.17, 15) is 0 Å². The minimum absolute atomic E-state index is 0.540. The molecule has 0 nitrogen and oxygen atoms in total. The molecule has 108 valence electrons. The van der Waals surface area contributed by atoms with Crippen molar-refractivity contribution in [3.63, 3.8) is 0 Å². The van der Waals surface area contributed by atoms with E-state index in [2.05, 4.69) is 38.1 Å². The second kappa shape index (κ2) is 10.3. The molecule has 1 heteroatoms. The van der Waals surface area contributed by atoms with E-state index in [0.29, 0.717) is 5.92 Å². The number of hydrogen-bond acceptors (Lipinski definition) is 0. The average Bonchev–Trinajstić information content (AvgIpc) is 2.43. The van der Waals surface area contributed by atoms with Crippen LogP contribution in [0.4, 0.5) is 0 Å². The van der Waals surface area contributed by atoms with Crippen molar-refractivity contribution in [1.82, 2.24) is 0 Å². The summed E-state index contributed by atoms with van der Waals surface area (Å²) >= 11 is 6.16. The Morgan fingerprint density at radius 2 is 1.58 bits per heavy atom. The SMILES string of the molecule is CCCCCCCCCC(CCl)c1ccccc1C. The van der Waals surface area contributed by atoms with E-state index in [-0.39, 0.29) is 0 Å². The van der Waals surface area contributed by atoms with Gasteiger partial charge in [0.2, 0.25) is 0 Å². The number of benzene rings is 1. The van der Waals surface area contributed by atoms with Crippen LogP contribution in [-0.4, -0.2) is 5.88 Å². The Labute approximate surface area is 124 Å². The minimum atomic E-state index is 0.540. The molecule has 1 aromatic rings. The zero-order chi connectivity index (χ0) is 13.9. The highest BCUT2D eigenvalue weighted by molar-refractivity contribution is 6.18. The number of aryl methyl sites for hydroxylation is 1. The molecule has 0 saturated heterocycles. The lowest BCUT2D eigenvalue weighted by Gasteiger charge is -2.16. The first kappa shape index (κ1) is 16.6. The number of unbranched alkanes of at least 4 members (excludes halogenated alkanes) is 6. The first-order valence-electron chi connectivity index (χ1n) is 7.91. The van der Waals surface area contributed by atoms with Crippen LogP contribution in [0.1, 0.15) is 75.3 Å². The summed E-state index contributed by atoms with van der Waals surface area (Å²) in [6.07, 6.45) is 10.9. The summed E-state index contributed by atoms with van der Waals surface area (Å²) in [6, 6.07) is 8.67. The molecular formula is C18H29Cl. The monoisotopic (exact) mass is 280 g/mol. The predicted molar refractivity (Wildman–Crippen MR) is 87.3 cm³/mol. The molecule has 0 radical (unpaired) electrons. The maximum Gasteiger partial charge on any atom is 0.0292 e. The van der Waals surface area contributed by atoms with Gasteiger partial charge in [0.05, 0.1) is 0 Å². The lowest BCUT2D eigenvalue weighted by Crippen LogP contribution is -2.03. The minimum Gasteiger partial charge on any atom is -0.126 e. The Morgan fingerprint density at radius 1 is 0.947 bits per heavy atom. The van der Waals surface area contributed by atoms with Crippen molar-refractivity contribution in [2.75, 3.05) is 5.88 Å². The smallest absolute Gasteiger partial charge is 0.0292 e. The van der Waals surface area contributed by atoms with Crippen LogP contribution in [0, 0.1) is 6.92 Å². The summed E-state index contributed by atoms with van der Waals surface area (Å²) in [5.41, 5.74) is 2.83. The Balaban J connectivity index is 2.24. The van der Waals surface area contributed by atoms with Gasteiger partial charge in [-0.1, -0.05) is 76.1 Å². The van der Waals surface area contributed by atoms with Crippen LogP contribution in [0.3, 0.4) is 0 Å². The lowest BCUT2D eigenvalue weighted by molar-refractivity contribution is 0.550. The molecule has 1 unspecified atom stereocenters. The van der Waals surface area contributed by atoms with Crippen LogP contribution in [0.2, 0.25) is 0 Å². The van der Waals surface area contributed by atoms with Gasteiger partial charge in [0.1, 0.15) is 0 Å². The fourth-order valence-electron chi connectivity index (χ4n) is 2.71. The third-order valence-electron chi connectivity index (χ3n) is 3.97. The number of alkyl halides is 1. The molecule has 0 aliphatic rings. The predicted octanol–water partition coefficient (Wildman–Crippen LogP) is 6.46. The van der Waals surface area contributed by atoms with Crippen molar-refractivity contribution in [2.45, 2.75) is 71.1 Å². The van der Waals surface area contributed by atoms with Gasteiger partial charge in [-0.05, 0) is 30.4 Å². The number of halogens is 1. The summed E-state index contributed by atoms with van der Waals surface area (Å²) < 4.78 is 0. The number of rotatable bonds is 10. The maximum atomic E-state index is 6.16. The van der Waals surface area contributed by atoms with Gasteiger partial charge in [-0.2, -0.15) is 0 Å². The normalized spacial score (nSPS) is 12.6. The van der Waals surface area contributed by atoms with Gasteiger partial charge in [0, 0.05) is 5.88 Å². The standard InChI is InChI=1S/C18H29Cl/c1-3-4-5-6-7-8-9-13-17(15-19)18-14-11-10-12-16(18)2/h10-12,14,17H,3-9,13,15H2,1-2H3.